The van der Waals surface area contributed by atoms with Crippen molar-refractivity contribution >= 4 is 0 Å². The first kappa shape index (κ1) is 11.4. The van der Waals surface area contributed by atoms with Crippen LogP contribution in [0.1, 0.15) is 18.1 Å². The number of benzene rings is 2. The van der Waals surface area contributed by atoms with E-state index in [0.717, 1.165) is 11.1 Å². The van der Waals surface area contributed by atoms with E-state index in [0.29, 0.717) is 0 Å². The molecular formula is C16H14O. The molecule has 2 rings (SSSR count). The van der Waals surface area contributed by atoms with Crippen LogP contribution in [0, 0.1) is 11.8 Å². The molecule has 0 saturated carbocycles. The summed E-state index contributed by atoms with van der Waals surface area (Å²) in [5, 5.41) is 10.3. The van der Waals surface area contributed by atoms with E-state index in [1.807, 2.05) is 60.7 Å². The topological polar surface area (TPSA) is 20.2 Å². The predicted octanol–water partition coefficient (Wildman–Crippen LogP) is 2.95. The van der Waals surface area contributed by atoms with Crippen molar-refractivity contribution in [2.24, 2.45) is 0 Å². The number of hydrogen-bond donors (Lipinski definition) is 1. The van der Waals surface area contributed by atoms with Crippen LogP contribution in [0.2, 0.25) is 0 Å². The number of aliphatic hydroxyl groups is 1. The Morgan fingerprint density at radius 3 is 2.00 bits per heavy atom. The molecular weight excluding hydrogens is 208 g/mol. The van der Waals surface area contributed by atoms with Gasteiger partial charge in [-0.2, -0.15) is 0 Å². The first-order valence-corrected chi connectivity index (χ1v) is 5.54. The summed E-state index contributed by atoms with van der Waals surface area (Å²) >= 11 is 0. The van der Waals surface area contributed by atoms with Gasteiger partial charge in [0.2, 0.25) is 0 Å². The van der Waals surface area contributed by atoms with Gasteiger partial charge < -0.3 is 5.11 Å². The van der Waals surface area contributed by atoms with Crippen molar-refractivity contribution in [2.45, 2.75) is 12.5 Å². The van der Waals surface area contributed by atoms with E-state index >= 15 is 0 Å². The van der Waals surface area contributed by atoms with Crippen molar-refractivity contribution in [2.75, 3.05) is 0 Å². The van der Waals surface area contributed by atoms with Crippen LogP contribution in [0.15, 0.2) is 60.7 Å². The monoisotopic (exact) mass is 222 g/mol. The summed E-state index contributed by atoms with van der Waals surface area (Å²) in [5.41, 5.74) is 0.601. The van der Waals surface area contributed by atoms with E-state index < -0.39 is 5.60 Å². The lowest BCUT2D eigenvalue weighted by molar-refractivity contribution is 0.122. The third-order valence-electron chi connectivity index (χ3n) is 2.56. The highest BCUT2D eigenvalue weighted by molar-refractivity contribution is 5.39. The molecule has 1 heteroatoms. The summed E-state index contributed by atoms with van der Waals surface area (Å²) in [4.78, 5) is 0. The minimum Gasteiger partial charge on any atom is -0.374 e. The zero-order valence-electron chi connectivity index (χ0n) is 9.72. The van der Waals surface area contributed by atoms with Crippen LogP contribution in [0.5, 0.6) is 0 Å². The summed E-state index contributed by atoms with van der Waals surface area (Å²) in [7, 11) is 0. The van der Waals surface area contributed by atoms with Crippen LogP contribution in [-0.2, 0) is 5.60 Å². The van der Waals surface area contributed by atoms with Gasteiger partial charge in [0.1, 0.15) is 5.60 Å². The molecule has 1 N–H and O–H groups in total. The van der Waals surface area contributed by atoms with E-state index in [9.17, 15) is 5.11 Å². The van der Waals surface area contributed by atoms with Gasteiger partial charge in [0, 0.05) is 5.56 Å². The van der Waals surface area contributed by atoms with E-state index in [1.165, 1.54) is 0 Å². The van der Waals surface area contributed by atoms with E-state index in [2.05, 4.69) is 11.8 Å². The third-order valence-corrected chi connectivity index (χ3v) is 2.56. The fourth-order valence-corrected chi connectivity index (χ4v) is 1.55. The van der Waals surface area contributed by atoms with Crippen LogP contribution in [0.4, 0.5) is 0 Å². The second kappa shape index (κ2) is 4.86. The molecule has 17 heavy (non-hydrogen) atoms. The van der Waals surface area contributed by atoms with Crippen LogP contribution in [0.3, 0.4) is 0 Å². The fourth-order valence-electron chi connectivity index (χ4n) is 1.55. The Kier molecular flexibility index (Phi) is 3.27. The second-order valence-corrected chi connectivity index (χ2v) is 4.05. The van der Waals surface area contributed by atoms with Gasteiger partial charge in [0.15, 0.2) is 0 Å². The van der Waals surface area contributed by atoms with Crippen LogP contribution < -0.4 is 0 Å². The average molecular weight is 222 g/mol. The summed E-state index contributed by atoms with van der Waals surface area (Å²) < 4.78 is 0. The molecule has 0 radical (unpaired) electrons. The fraction of sp³-hybridized carbons (Fsp3) is 0.125. The summed E-state index contributed by atoms with van der Waals surface area (Å²) in [6.45, 7) is 1.71. The first-order chi connectivity index (χ1) is 8.18. The minimum absolute atomic E-state index is 0.809. The Morgan fingerprint density at radius 1 is 0.882 bits per heavy atom. The Morgan fingerprint density at radius 2 is 1.41 bits per heavy atom. The molecule has 0 aliphatic carbocycles. The first-order valence-electron chi connectivity index (χ1n) is 5.54. The highest BCUT2D eigenvalue weighted by Gasteiger charge is 2.18. The number of hydrogen-bond acceptors (Lipinski definition) is 1. The van der Waals surface area contributed by atoms with Gasteiger partial charge in [-0.15, -0.1) is 0 Å². The van der Waals surface area contributed by atoms with Gasteiger partial charge in [0.25, 0.3) is 0 Å². The predicted molar refractivity (Wildman–Crippen MR) is 69.3 cm³/mol. The molecule has 0 fully saturated rings. The Labute approximate surface area is 102 Å². The molecule has 0 aliphatic rings. The van der Waals surface area contributed by atoms with E-state index in [4.69, 9.17) is 0 Å². The molecule has 0 bridgehead atoms. The molecule has 1 atom stereocenters. The van der Waals surface area contributed by atoms with E-state index in [1.54, 1.807) is 6.92 Å². The quantitative estimate of drug-likeness (QED) is 0.735. The lowest BCUT2D eigenvalue weighted by Crippen LogP contribution is -2.18. The van der Waals surface area contributed by atoms with Gasteiger partial charge in [-0.3, -0.25) is 0 Å². The molecule has 84 valence electrons. The Hall–Kier alpha value is -2.04. The van der Waals surface area contributed by atoms with Crippen LogP contribution in [-0.4, -0.2) is 5.11 Å². The summed E-state index contributed by atoms with van der Waals surface area (Å²) in [6, 6.07) is 19.1. The molecule has 0 heterocycles. The average Bonchev–Trinajstić information content (AvgIpc) is 2.39. The standard InChI is InChI=1S/C16H14O/c1-16(17,15-10-6-3-7-11-15)13-12-14-8-4-2-5-9-14/h2-11,17H,1H3/t16-/m0/s1. The molecule has 2 aromatic rings. The van der Waals surface area contributed by atoms with Crippen LogP contribution >= 0.6 is 0 Å². The molecule has 0 spiro atoms. The van der Waals surface area contributed by atoms with Crippen molar-refractivity contribution in [3.05, 3.63) is 71.8 Å². The zero-order chi connectivity index (χ0) is 12.1. The van der Waals surface area contributed by atoms with Crippen molar-refractivity contribution in [3.63, 3.8) is 0 Å². The third kappa shape index (κ3) is 2.96. The largest absolute Gasteiger partial charge is 0.374 e. The number of rotatable bonds is 1. The van der Waals surface area contributed by atoms with E-state index in [-0.39, 0.29) is 0 Å². The molecule has 0 aromatic heterocycles. The molecule has 0 saturated heterocycles. The van der Waals surface area contributed by atoms with Crippen molar-refractivity contribution < 1.29 is 5.11 Å². The zero-order valence-corrected chi connectivity index (χ0v) is 9.72. The molecule has 0 aliphatic heterocycles. The maximum absolute atomic E-state index is 10.3. The van der Waals surface area contributed by atoms with Gasteiger partial charge in [-0.25, -0.2) is 0 Å². The SMILES string of the molecule is C[C@](O)(C#Cc1ccccc1)c1ccccc1. The van der Waals surface area contributed by atoms with Crippen molar-refractivity contribution in [1.29, 1.82) is 0 Å². The van der Waals surface area contributed by atoms with Crippen LogP contribution in [0.25, 0.3) is 0 Å². The summed E-state index contributed by atoms with van der Waals surface area (Å²) in [6.07, 6.45) is 0. The van der Waals surface area contributed by atoms with Crippen molar-refractivity contribution in [3.8, 4) is 11.8 Å². The molecule has 2 aromatic carbocycles. The smallest absolute Gasteiger partial charge is 0.148 e. The maximum atomic E-state index is 10.3. The van der Waals surface area contributed by atoms with Gasteiger partial charge in [0.05, 0.1) is 0 Å². The maximum Gasteiger partial charge on any atom is 0.148 e. The van der Waals surface area contributed by atoms with Crippen molar-refractivity contribution in [1.82, 2.24) is 0 Å². The minimum atomic E-state index is -1.11. The van der Waals surface area contributed by atoms with Gasteiger partial charge >= 0.3 is 0 Å². The highest BCUT2D eigenvalue weighted by atomic mass is 16.3. The highest BCUT2D eigenvalue weighted by Crippen LogP contribution is 2.18. The second-order valence-electron chi connectivity index (χ2n) is 4.05. The Balaban J connectivity index is 2.27. The van der Waals surface area contributed by atoms with Gasteiger partial charge in [-0.1, -0.05) is 60.4 Å². The molecule has 1 nitrogen and oxygen atoms in total. The lowest BCUT2D eigenvalue weighted by Gasteiger charge is -2.16. The normalized spacial score (nSPS) is 13.3. The molecule has 0 amide bonds. The molecule has 0 unspecified atom stereocenters. The summed E-state index contributed by atoms with van der Waals surface area (Å²) in [5.74, 6) is 5.88. The Bertz CT molecular complexity index is 530. The lowest BCUT2D eigenvalue weighted by atomic mass is 9.96. The van der Waals surface area contributed by atoms with Gasteiger partial charge in [-0.05, 0) is 24.6 Å².